The van der Waals surface area contributed by atoms with Gasteiger partial charge < -0.3 is 4.74 Å². The molecule has 2 rings (SSSR count). The molecule has 0 bridgehead atoms. The van der Waals surface area contributed by atoms with Gasteiger partial charge in [-0.2, -0.15) is 0 Å². The number of halogens is 1. The first-order chi connectivity index (χ1) is 8.20. The van der Waals surface area contributed by atoms with E-state index in [1.165, 1.54) is 18.2 Å². The van der Waals surface area contributed by atoms with Crippen LogP contribution >= 0.6 is 11.8 Å². The van der Waals surface area contributed by atoms with Crippen molar-refractivity contribution in [2.24, 2.45) is 0 Å². The first-order valence-electron chi connectivity index (χ1n) is 5.50. The highest BCUT2D eigenvalue weighted by atomic mass is 32.2. The van der Waals surface area contributed by atoms with Crippen molar-refractivity contribution in [2.75, 3.05) is 12.4 Å². The van der Waals surface area contributed by atoms with Gasteiger partial charge in [-0.3, -0.25) is 0 Å². The van der Waals surface area contributed by atoms with E-state index in [-0.39, 0.29) is 11.8 Å². The zero-order valence-corrected chi connectivity index (χ0v) is 10.3. The molecule has 90 valence electrons. The third-order valence-electron chi connectivity index (χ3n) is 2.50. The average Bonchev–Trinajstić information content (AvgIpc) is 2.30. The number of esters is 1. The number of hydrogen-bond acceptors (Lipinski definition) is 3. The largest absolute Gasteiger partial charge is 0.463 e. The second-order valence-corrected chi connectivity index (χ2v) is 4.80. The molecule has 17 heavy (non-hydrogen) atoms. The highest BCUT2D eigenvalue weighted by molar-refractivity contribution is 7.99. The number of rotatable bonds is 2. The molecule has 0 N–H and O–H groups in total. The number of carbonyl (C=O) groups is 1. The van der Waals surface area contributed by atoms with Crippen LogP contribution in [0.2, 0.25) is 0 Å². The van der Waals surface area contributed by atoms with E-state index in [1.54, 1.807) is 24.8 Å². The standard InChI is InChI=1S/C13H13FO2S/c1-2-16-13(15)7-9-5-6-17-12-4-3-10(14)8-11(9)12/h3-4,7-8H,2,5-6H2,1H3/b9-7+. The monoisotopic (exact) mass is 252 g/mol. The molecule has 1 aromatic rings. The first-order valence-corrected chi connectivity index (χ1v) is 6.49. The van der Waals surface area contributed by atoms with Crippen LogP contribution in [0.3, 0.4) is 0 Å². The molecule has 1 aliphatic heterocycles. The van der Waals surface area contributed by atoms with E-state index in [9.17, 15) is 9.18 Å². The van der Waals surface area contributed by atoms with Gasteiger partial charge in [0.15, 0.2) is 0 Å². The molecule has 0 aromatic heterocycles. The lowest BCUT2D eigenvalue weighted by molar-refractivity contribution is -0.137. The average molecular weight is 252 g/mol. The smallest absolute Gasteiger partial charge is 0.331 e. The lowest BCUT2D eigenvalue weighted by Crippen LogP contribution is -2.04. The van der Waals surface area contributed by atoms with Crippen molar-refractivity contribution >= 4 is 23.3 Å². The van der Waals surface area contributed by atoms with Crippen molar-refractivity contribution in [3.8, 4) is 0 Å². The summed E-state index contributed by atoms with van der Waals surface area (Å²) in [6, 6.07) is 4.68. The number of carbonyl (C=O) groups excluding carboxylic acids is 1. The molecule has 0 saturated heterocycles. The van der Waals surface area contributed by atoms with Crippen molar-refractivity contribution in [1.82, 2.24) is 0 Å². The minimum Gasteiger partial charge on any atom is -0.463 e. The van der Waals surface area contributed by atoms with Crippen molar-refractivity contribution < 1.29 is 13.9 Å². The lowest BCUT2D eigenvalue weighted by atomic mass is 10.0. The predicted molar refractivity (Wildman–Crippen MR) is 66.4 cm³/mol. The van der Waals surface area contributed by atoms with Crippen molar-refractivity contribution in [2.45, 2.75) is 18.2 Å². The fraction of sp³-hybridized carbons (Fsp3) is 0.308. The molecule has 0 unspecified atom stereocenters. The van der Waals surface area contributed by atoms with Gasteiger partial charge in [0.25, 0.3) is 0 Å². The van der Waals surface area contributed by atoms with Crippen LogP contribution in [0.1, 0.15) is 18.9 Å². The Morgan fingerprint density at radius 2 is 2.41 bits per heavy atom. The lowest BCUT2D eigenvalue weighted by Gasteiger charge is -2.18. The molecule has 4 heteroatoms. The van der Waals surface area contributed by atoms with E-state index >= 15 is 0 Å². The summed E-state index contributed by atoms with van der Waals surface area (Å²) in [7, 11) is 0. The minimum atomic E-state index is -0.357. The summed E-state index contributed by atoms with van der Waals surface area (Å²) >= 11 is 1.68. The Labute approximate surface area is 104 Å². The minimum absolute atomic E-state index is 0.277. The molecule has 0 radical (unpaired) electrons. The number of thioether (sulfide) groups is 1. The molecule has 0 saturated carbocycles. The summed E-state index contributed by atoms with van der Waals surface area (Å²) in [4.78, 5) is 12.4. The Morgan fingerprint density at radius 3 is 3.18 bits per heavy atom. The highest BCUT2D eigenvalue weighted by Crippen LogP contribution is 2.37. The van der Waals surface area contributed by atoms with Crippen LogP contribution < -0.4 is 0 Å². The zero-order chi connectivity index (χ0) is 12.3. The van der Waals surface area contributed by atoms with Crippen molar-refractivity contribution in [1.29, 1.82) is 0 Å². The van der Waals surface area contributed by atoms with Crippen molar-refractivity contribution in [3.63, 3.8) is 0 Å². The Balaban J connectivity index is 2.33. The topological polar surface area (TPSA) is 26.3 Å². The fourth-order valence-electron chi connectivity index (χ4n) is 1.76. The summed E-state index contributed by atoms with van der Waals surface area (Å²) in [6.07, 6.45) is 2.24. The van der Waals surface area contributed by atoms with Gasteiger partial charge in [0.05, 0.1) is 6.61 Å². The van der Waals surface area contributed by atoms with Gasteiger partial charge in [-0.25, -0.2) is 9.18 Å². The quantitative estimate of drug-likeness (QED) is 0.597. The third-order valence-corrected chi connectivity index (χ3v) is 3.57. The Hall–Kier alpha value is -1.29. The Kier molecular flexibility index (Phi) is 3.84. The van der Waals surface area contributed by atoms with Crippen molar-refractivity contribution in [3.05, 3.63) is 35.7 Å². The maximum absolute atomic E-state index is 13.2. The molecule has 0 amide bonds. The van der Waals surface area contributed by atoms with Gasteiger partial charge >= 0.3 is 5.97 Å². The van der Waals surface area contributed by atoms with Gasteiger partial charge in [0.1, 0.15) is 5.82 Å². The fourth-order valence-corrected chi connectivity index (χ4v) is 2.81. The normalized spacial score (nSPS) is 16.7. The molecule has 1 aromatic carbocycles. The second-order valence-electron chi connectivity index (χ2n) is 3.66. The summed E-state index contributed by atoms with van der Waals surface area (Å²) in [6.45, 7) is 2.12. The van der Waals surface area contributed by atoms with E-state index in [0.29, 0.717) is 6.61 Å². The first kappa shape index (κ1) is 12.2. The molecule has 0 fully saturated rings. The maximum atomic E-state index is 13.2. The van der Waals surface area contributed by atoms with Gasteiger partial charge in [-0.15, -0.1) is 11.8 Å². The molecular weight excluding hydrogens is 239 g/mol. The van der Waals surface area contributed by atoms with Crippen LogP contribution in [0.5, 0.6) is 0 Å². The van der Waals surface area contributed by atoms with Gasteiger partial charge in [-0.1, -0.05) is 0 Å². The Bertz CT molecular complexity index is 468. The van der Waals surface area contributed by atoms with Crippen LogP contribution in [-0.2, 0) is 9.53 Å². The summed E-state index contributed by atoms with van der Waals surface area (Å²) < 4.78 is 18.1. The van der Waals surface area contributed by atoms with Crippen LogP contribution in [0.15, 0.2) is 29.2 Å². The predicted octanol–water partition coefficient (Wildman–Crippen LogP) is 3.27. The number of hydrogen-bond donors (Lipinski definition) is 0. The van der Waals surface area contributed by atoms with Crippen LogP contribution in [0.25, 0.3) is 5.57 Å². The summed E-state index contributed by atoms with van der Waals surface area (Å²) in [5.41, 5.74) is 1.67. The van der Waals surface area contributed by atoms with E-state index < -0.39 is 0 Å². The molecule has 0 aliphatic carbocycles. The van der Waals surface area contributed by atoms with E-state index in [1.807, 2.05) is 0 Å². The van der Waals surface area contributed by atoms with Crippen LogP contribution in [-0.4, -0.2) is 18.3 Å². The third kappa shape index (κ3) is 2.88. The van der Waals surface area contributed by atoms with Crippen LogP contribution in [0.4, 0.5) is 4.39 Å². The summed E-state index contributed by atoms with van der Waals surface area (Å²) in [5.74, 6) is 0.273. The van der Waals surface area contributed by atoms with E-state index in [0.717, 1.165) is 28.2 Å². The number of ether oxygens (including phenoxy) is 1. The van der Waals surface area contributed by atoms with E-state index in [2.05, 4.69) is 0 Å². The molecule has 1 aliphatic rings. The SMILES string of the molecule is CCOC(=O)/C=C1\CCSc2ccc(F)cc21. The number of allylic oxidation sites excluding steroid dienone is 1. The van der Waals surface area contributed by atoms with Gasteiger partial charge in [-0.05, 0) is 42.7 Å². The molecule has 0 atom stereocenters. The molecule has 2 nitrogen and oxygen atoms in total. The van der Waals surface area contributed by atoms with Gasteiger partial charge in [0.2, 0.25) is 0 Å². The Morgan fingerprint density at radius 1 is 1.59 bits per heavy atom. The molecule has 1 heterocycles. The highest BCUT2D eigenvalue weighted by Gasteiger charge is 2.16. The number of benzene rings is 1. The zero-order valence-electron chi connectivity index (χ0n) is 9.53. The van der Waals surface area contributed by atoms with E-state index in [4.69, 9.17) is 4.74 Å². The maximum Gasteiger partial charge on any atom is 0.331 e. The second kappa shape index (κ2) is 5.36. The summed E-state index contributed by atoms with van der Waals surface area (Å²) in [5, 5.41) is 0. The van der Waals surface area contributed by atoms with Crippen LogP contribution in [0, 0.1) is 5.82 Å². The van der Waals surface area contributed by atoms with Gasteiger partial charge in [0, 0.05) is 16.7 Å². The molecule has 0 spiro atoms. The molecular formula is C13H13FO2S. The number of fused-ring (bicyclic) bond motifs is 1.